The number of halogens is 5. The SMILES string of the molecule is Nc1nccc(Oc2ccc(NC(=O)c3cn(CC4CC4(F)F)c(=O)n(-c4ccc(F)cc4)c3=O)cc2F)c1Cl. The third-order valence-electron chi connectivity index (χ3n) is 6.15. The lowest BCUT2D eigenvalue weighted by Crippen LogP contribution is -2.42. The van der Waals surface area contributed by atoms with Crippen LogP contribution in [0.4, 0.5) is 29.1 Å². The van der Waals surface area contributed by atoms with Gasteiger partial charge in [-0.05, 0) is 36.4 Å². The fourth-order valence-electron chi connectivity index (χ4n) is 3.91. The molecule has 1 aliphatic carbocycles. The minimum Gasteiger partial charge on any atom is -0.453 e. The summed E-state index contributed by atoms with van der Waals surface area (Å²) in [5, 5.41) is 2.31. The van der Waals surface area contributed by atoms with Crippen molar-refractivity contribution in [2.24, 2.45) is 5.92 Å². The Labute approximate surface area is 227 Å². The number of hydrogen-bond acceptors (Lipinski definition) is 6. The number of ether oxygens (including phenoxy) is 1. The molecule has 1 unspecified atom stereocenters. The van der Waals surface area contributed by atoms with Crippen LogP contribution in [0.3, 0.4) is 0 Å². The van der Waals surface area contributed by atoms with Crippen molar-refractivity contribution in [2.45, 2.75) is 18.9 Å². The van der Waals surface area contributed by atoms with Crippen LogP contribution in [0.15, 0.2) is 70.5 Å². The summed E-state index contributed by atoms with van der Waals surface area (Å²) in [7, 11) is 0. The van der Waals surface area contributed by atoms with Gasteiger partial charge in [-0.3, -0.25) is 14.2 Å². The van der Waals surface area contributed by atoms with E-state index in [-0.39, 0.29) is 33.7 Å². The van der Waals surface area contributed by atoms with E-state index in [1.165, 1.54) is 24.4 Å². The molecule has 2 aromatic heterocycles. The molecule has 40 heavy (non-hydrogen) atoms. The Balaban J connectivity index is 1.46. The molecular formula is C26H18ClF4N5O4. The van der Waals surface area contributed by atoms with Crippen molar-refractivity contribution < 1.29 is 27.1 Å². The number of aromatic nitrogens is 3. The van der Waals surface area contributed by atoms with Crippen molar-refractivity contribution in [3.05, 3.63) is 104 Å². The number of rotatable bonds is 7. The monoisotopic (exact) mass is 575 g/mol. The number of nitrogens with one attached hydrogen (secondary N) is 1. The number of pyridine rings is 1. The first-order valence-corrected chi connectivity index (χ1v) is 12.0. The standard InChI is InChI=1S/C26H18ClF4N5O4/c27-21-20(7-8-33-22(21)32)40-19-6-3-15(9-18(19)29)34-23(37)17-12-35(11-13-10-26(13,30)31)25(39)36(24(17)38)16-4-1-14(28)2-5-16/h1-9,12-13H,10-11H2,(H2,32,33)(H,34,37). The first-order chi connectivity index (χ1) is 18.9. The molecule has 0 saturated heterocycles. The van der Waals surface area contributed by atoms with E-state index in [4.69, 9.17) is 22.1 Å². The number of nitrogen functional groups attached to an aromatic ring is 1. The molecule has 0 radical (unpaired) electrons. The molecule has 1 aliphatic rings. The van der Waals surface area contributed by atoms with Gasteiger partial charge in [-0.2, -0.15) is 0 Å². The average Bonchev–Trinajstić information content (AvgIpc) is 3.51. The van der Waals surface area contributed by atoms with E-state index in [0.717, 1.165) is 41.1 Å². The van der Waals surface area contributed by atoms with Gasteiger partial charge < -0.3 is 15.8 Å². The van der Waals surface area contributed by atoms with E-state index in [0.29, 0.717) is 4.57 Å². The van der Waals surface area contributed by atoms with Crippen LogP contribution in [0.2, 0.25) is 5.02 Å². The summed E-state index contributed by atoms with van der Waals surface area (Å²) in [5.41, 5.74) is 2.78. The molecule has 4 aromatic rings. The second kappa shape index (κ2) is 10.2. The van der Waals surface area contributed by atoms with Crippen molar-refractivity contribution in [3.8, 4) is 17.2 Å². The molecule has 1 amide bonds. The van der Waals surface area contributed by atoms with E-state index < -0.39 is 59.2 Å². The maximum Gasteiger partial charge on any atom is 0.335 e. The van der Waals surface area contributed by atoms with Crippen LogP contribution in [0.1, 0.15) is 16.8 Å². The summed E-state index contributed by atoms with van der Waals surface area (Å²) >= 11 is 6.01. The van der Waals surface area contributed by atoms with E-state index >= 15 is 0 Å². The van der Waals surface area contributed by atoms with E-state index in [1.54, 1.807) is 0 Å². The van der Waals surface area contributed by atoms with Crippen LogP contribution in [0.5, 0.6) is 11.5 Å². The van der Waals surface area contributed by atoms with Crippen LogP contribution in [0.25, 0.3) is 5.69 Å². The Morgan fingerprint density at radius 3 is 2.48 bits per heavy atom. The van der Waals surface area contributed by atoms with Crippen LogP contribution >= 0.6 is 11.6 Å². The largest absolute Gasteiger partial charge is 0.453 e. The van der Waals surface area contributed by atoms with Gasteiger partial charge in [0.1, 0.15) is 22.2 Å². The second-order valence-electron chi connectivity index (χ2n) is 8.97. The predicted molar refractivity (Wildman–Crippen MR) is 137 cm³/mol. The zero-order valence-corrected chi connectivity index (χ0v) is 21.0. The van der Waals surface area contributed by atoms with Gasteiger partial charge in [0.05, 0.1) is 5.69 Å². The van der Waals surface area contributed by atoms with Gasteiger partial charge in [-0.15, -0.1) is 0 Å². The summed E-state index contributed by atoms with van der Waals surface area (Å²) in [6.07, 6.45) is 1.73. The smallest absolute Gasteiger partial charge is 0.335 e. The third kappa shape index (κ3) is 5.27. The average molecular weight is 576 g/mol. The zero-order chi connectivity index (χ0) is 28.8. The molecule has 3 N–H and O–H groups in total. The van der Waals surface area contributed by atoms with Crippen LogP contribution in [-0.2, 0) is 6.54 Å². The summed E-state index contributed by atoms with van der Waals surface area (Å²) in [5.74, 6) is -6.99. The van der Waals surface area contributed by atoms with Crippen molar-refractivity contribution in [2.75, 3.05) is 11.1 Å². The Morgan fingerprint density at radius 2 is 1.82 bits per heavy atom. The number of nitrogens with zero attached hydrogens (tertiary/aromatic N) is 3. The highest BCUT2D eigenvalue weighted by molar-refractivity contribution is 6.34. The minimum atomic E-state index is -2.98. The summed E-state index contributed by atoms with van der Waals surface area (Å²) in [6.45, 7) is -0.462. The lowest BCUT2D eigenvalue weighted by molar-refractivity contribution is 0.0947. The Morgan fingerprint density at radius 1 is 1.12 bits per heavy atom. The molecule has 9 nitrogen and oxygen atoms in total. The fourth-order valence-corrected chi connectivity index (χ4v) is 4.06. The Bertz CT molecular complexity index is 1760. The molecule has 206 valence electrons. The molecular weight excluding hydrogens is 558 g/mol. The molecule has 0 aliphatic heterocycles. The summed E-state index contributed by atoms with van der Waals surface area (Å²) in [4.78, 5) is 43.1. The zero-order valence-electron chi connectivity index (χ0n) is 20.2. The third-order valence-corrected chi connectivity index (χ3v) is 6.53. The molecule has 0 spiro atoms. The van der Waals surface area contributed by atoms with Gasteiger partial charge in [-0.1, -0.05) is 11.6 Å². The highest BCUT2D eigenvalue weighted by Gasteiger charge is 2.56. The normalized spacial score (nSPS) is 15.5. The number of carbonyl (C=O) groups is 1. The molecule has 1 saturated carbocycles. The van der Waals surface area contributed by atoms with Crippen molar-refractivity contribution in [1.82, 2.24) is 14.1 Å². The van der Waals surface area contributed by atoms with Gasteiger partial charge >= 0.3 is 5.69 Å². The van der Waals surface area contributed by atoms with Gasteiger partial charge in [0, 0.05) is 49.1 Å². The molecule has 2 heterocycles. The van der Waals surface area contributed by atoms with Gasteiger partial charge in [0.2, 0.25) is 0 Å². The number of nitrogens with two attached hydrogens (primary N) is 1. The number of carbonyl (C=O) groups excluding carboxylic acids is 1. The summed E-state index contributed by atoms with van der Waals surface area (Å²) < 4.78 is 62.2. The molecule has 5 rings (SSSR count). The second-order valence-corrected chi connectivity index (χ2v) is 9.34. The van der Waals surface area contributed by atoms with Crippen LogP contribution < -0.4 is 27.0 Å². The highest BCUT2D eigenvalue weighted by atomic mass is 35.5. The molecule has 14 heteroatoms. The first kappa shape index (κ1) is 26.9. The maximum atomic E-state index is 14.8. The van der Waals surface area contributed by atoms with Crippen molar-refractivity contribution in [3.63, 3.8) is 0 Å². The lowest BCUT2D eigenvalue weighted by Gasteiger charge is -2.14. The van der Waals surface area contributed by atoms with E-state index in [1.807, 2.05) is 0 Å². The maximum absolute atomic E-state index is 14.8. The van der Waals surface area contributed by atoms with Crippen LogP contribution in [0, 0.1) is 17.6 Å². The number of alkyl halides is 2. The number of benzene rings is 2. The Kier molecular flexibility index (Phi) is 6.84. The fraction of sp³-hybridized carbons (Fsp3) is 0.154. The molecule has 1 fully saturated rings. The van der Waals surface area contributed by atoms with Crippen molar-refractivity contribution >= 4 is 29.0 Å². The number of anilines is 2. The highest BCUT2D eigenvalue weighted by Crippen LogP contribution is 2.49. The molecule has 0 bridgehead atoms. The lowest BCUT2D eigenvalue weighted by atomic mass is 10.2. The van der Waals surface area contributed by atoms with Crippen molar-refractivity contribution in [1.29, 1.82) is 0 Å². The Hall–Kier alpha value is -4.65. The topological polar surface area (TPSA) is 121 Å². The quantitative estimate of drug-likeness (QED) is 0.311. The minimum absolute atomic E-state index is 0.0264. The van der Waals surface area contributed by atoms with Gasteiger partial charge in [0.15, 0.2) is 17.3 Å². The van der Waals surface area contributed by atoms with Crippen LogP contribution in [-0.4, -0.2) is 25.9 Å². The van der Waals surface area contributed by atoms with E-state index in [2.05, 4.69) is 10.3 Å². The predicted octanol–water partition coefficient (Wildman–Crippen LogP) is 4.61. The van der Waals surface area contributed by atoms with E-state index in [9.17, 15) is 31.9 Å². The first-order valence-electron chi connectivity index (χ1n) is 11.6. The van der Waals surface area contributed by atoms with Gasteiger partial charge in [-0.25, -0.2) is 31.9 Å². The summed E-state index contributed by atoms with van der Waals surface area (Å²) in [6, 6.07) is 8.98. The molecule has 2 aromatic carbocycles. The number of amides is 1. The van der Waals surface area contributed by atoms with Gasteiger partial charge in [0.25, 0.3) is 17.4 Å². The molecule has 1 atom stereocenters. The number of hydrogen-bond donors (Lipinski definition) is 2.